The fourth-order valence-corrected chi connectivity index (χ4v) is 6.11. The molecule has 0 aliphatic carbocycles. The molecular formula is C39H20B5N3O. The quantitative estimate of drug-likeness (QED) is 0.280. The van der Waals surface area contributed by atoms with Gasteiger partial charge in [-0.2, -0.15) is 0 Å². The second-order valence-electron chi connectivity index (χ2n) is 11.6. The van der Waals surface area contributed by atoms with Gasteiger partial charge in [-0.05, 0) is 40.5 Å². The van der Waals surface area contributed by atoms with Gasteiger partial charge in [0.15, 0.2) is 17.5 Å². The van der Waals surface area contributed by atoms with Crippen LogP contribution in [0.3, 0.4) is 0 Å². The number of benzene rings is 6. The Kier molecular flexibility index (Phi) is 7.41. The van der Waals surface area contributed by atoms with Crippen molar-refractivity contribution in [1.29, 1.82) is 0 Å². The minimum atomic E-state index is 0.168. The van der Waals surface area contributed by atoms with E-state index >= 15 is 0 Å². The molecule has 9 heteroatoms. The first-order chi connectivity index (χ1) is 23.4. The molecule has 2 aromatic heterocycles. The van der Waals surface area contributed by atoms with Gasteiger partial charge in [-0.25, -0.2) is 15.0 Å². The van der Waals surface area contributed by atoms with E-state index in [1.807, 2.05) is 97.1 Å². The van der Waals surface area contributed by atoms with Gasteiger partial charge in [0.2, 0.25) is 0 Å². The Morgan fingerprint density at radius 3 is 1.54 bits per heavy atom. The Bertz CT molecular complexity index is 2470. The predicted molar refractivity (Wildman–Crippen MR) is 201 cm³/mol. The zero-order valence-corrected chi connectivity index (χ0v) is 25.7. The Hall–Kier alpha value is -5.55. The Balaban J connectivity index is 1.29. The minimum Gasteiger partial charge on any atom is -0.456 e. The summed E-state index contributed by atoms with van der Waals surface area (Å²) in [5, 5.41) is 1.74. The third-order valence-corrected chi connectivity index (χ3v) is 8.64. The summed E-state index contributed by atoms with van der Waals surface area (Å²) in [5.41, 5.74) is 8.40. The molecule has 0 unspecified atom stereocenters. The van der Waals surface area contributed by atoms with Crippen molar-refractivity contribution >= 4 is 88.5 Å². The second-order valence-corrected chi connectivity index (χ2v) is 11.6. The van der Waals surface area contributed by atoms with Gasteiger partial charge < -0.3 is 4.42 Å². The number of fused-ring (bicyclic) bond motifs is 3. The molecule has 0 amide bonds. The summed E-state index contributed by atoms with van der Waals surface area (Å²) in [5.74, 6) is 1.66. The van der Waals surface area contributed by atoms with E-state index in [4.69, 9.17) is 58.6 Å². The normalized spacial score (nSPS) is 11.3. The lowest BCUT2D eigenvalue weighted by atomic mass is 9.59. The van der Waals surface area contributed by atoms with Crippen LogP contribution in [-0.4, -0.2) is 54.2 Å². The standard InChI is InChI=1S/C39H20B5N3O/c40-32-30(33(41)35(43)36(44)34(32)42)25-18-19-26-29(20-25)48-28-13-7-12-27(31(26)28)39-46-37(23-10-5-2-6-11-23)45-38(47-39)24-16-14-22(15-17-24)21-8-3-1-4-9-21/h1-20H. The number of furan rings is 1. The second kappa shape index (κ2) is 11.9. The fourth-order valence-electron chi connectivity index (χ4n) is 6.11. The van der Waals surface area contributed by atoms with Gasteiger partial charge in [0.1, 0.15) is 50.4 Å². The van der Waals surface area contributed by atoms with Crippen molar-refractivity contribution in [3.63, 3.8) is 0 Å². The van der Waals surface area contributed by atoms with Crippen molar-refractivity contribution in [3.8, 4) is 56.4 Å². The molecule has 0 saturated heterocycles. The first-order valence-corrected chi connectivity index (χ1v) is 15.3. The Morgan fingerprint density at radius 1 is 0.396 bits per heavy atom. The first-order valence-electron chi connectivity index (χ1n) is 15.3. The zero-order chi connectivity index (χ0) is 32.9. The third kappa shape index (κ3) is 5.07. The molecule has 2 heterocycles. The van der Waals surface area contributed by atoms with Crippen LogP contribution < -0.4 is 27.3 Å². The molecule has 0 aliphatic heterocycles. The maximum absolute atomic E-state index is 6.39. The number of nitrogens with zero attached hydrogens (tertiary/aromatic N) is 3. The molecule has 6 aromatic carbocycles. The van der Waals surface area contributed by atoms with Crippen LogP contribution in [0.4, 0.5) is 0 Å². The Labute approximate surface area is 284 Å². The summed E-state index contributed by atoms with van der Waals surface area (Å²) >= 11 is 0. The van der Waals surface area contributed by atoms with Crippen LogP contribution in [0.5, 0.6) is 0 Å². The summed E-state index contributed by atoms with van der Waals surface area (Å²) in [4.78, 5) is 14.9. The van der Waals surface area contributed by atoms with E-state index in [0.29, 0.717) is 39.8 Å². The topological polar surface area (TPSA) is 51.8 Å². The van der Waals surface area contributed by atoms with Crippen LogP contribution >= 0.6 is 0 Å². The highest BCUT2D eigenvalue weighted by molar-refractivity contribution is 6.68. The molecule has 0 saturated carbocycles. The van der Waals surface area contributed by atoms with Gasteiger partial charge in [-0.1, -0.05) is 114 Å². The van der Waals surface area contributed by atoms with E-state index in [-0.39, 0.29) is 27.3 Å². The highest BCUT2D eigenvalue weighted by atomic mass is 16.3. The first kappa shape index (κ1) is 29.8. The lowest BCUT2D eigenvalue weighted by Gasteiger charge is -2.21. The third-order valence-electron chi connectivity index (χ3n) is 8.64. The lowest BCUT2D eigenvalue weighted by molar-refractivity contribution is 0.669. The van der Waals surface area contributed by atoms with Crippen molar-refractivity contribution in [1.82, 2.24) is 15.0 Å². The summed E-state index contributed by atoms with van der Waals surface area (Å²) in [6.07, 6.45) is 0. The van der Waals surface area contributed by atoms with E-state index in [9.17, 15) is 0 Å². The van der Waals surface area contributed by atoms with Gasteiger partial charge in [0.25, 0.3) is 0 Å². The fraction of sp³-hybridized carbons (Fsp3) is 0. The zero-order valence-electron chi connectivity index (χ0n) is 25.7. The molecular weight excluding hydrogens is 581 g/mol. The van der Waals surface area contributed by atoms with E-state index in [1.54, 1.807) is 0 Å². The summed E-state index contributed by atoms with van der Waals surface area (Å²) in [6, 6.07) is 40.0. The average Bonchev–Trinajstić information content (AvgIpc) is 3.52. The molecule has 0 bridgehead atoms. The average molecular weight is 601 g/mol. The van der Waals surface area contributed by atoms with Gasteiger partial charge in [0, 0.05) is 27.5 Å². The summed E-state index contributed by atoms with van der Waals surface area (Å²) in [6.45, 7) is 0. The van der Waals surface area contributed by atoms with Crippen molar-refractivity contribution in [2.24, 2.45) is 0 Å². The molecule has 0 N–H and O–H groups in total. The van der Waals surface area contributed by atoms with E-state index < -0.39 is 0 Å². The van der Waals surface area contributed by atoms with Crippen LogP contribution in [-0.2, 0) is 0 Å². The van der Waals surface area contributed by atoms with Crippen LogP contribution in [0.2, 0.25) is 0 Å². The molecule has 0 atom stereocenters. The monoisotopic (exact) mass is 601 g/mol. The largest absolute Gasteiger partial charge is 0.456 e. The molecule has 10 radical (unpaired) electrons. The van der Waals surface area contributed by atoms with Gasteiger partial charge >= 0.3 is 0 Å². The lowest BCUT2D eigenvalue weighted by Crippen LogP contribution is -2.55. The number of hydrogen-bond donors (Lipinski definition) is 0. The smallest absolute Gasteiger partial charge is 0.164 e. The SMILES string of the molecule is [B]c1c([B])c([B])c(-c2ccc3c(c2)oc2cccc(-c4nc(-c5ccccc5)nc(-c5ccc(-c6ccccc6)cc5)n4)c23)c([B])c1[B]. The van der Waals surface area contributed by atoms with Gasteiger partial charge in [-0.15, -0.1) is 16.4 Å². The van der Waals surface area contributed by atoms with Crippen molar-refractivity contribution < 1.29 is 4.42 Å². The molecule has 0 fully saturated rings. The van der Waals surface area contributed by atoms with Crippen LogP contribution in [0.1, 0.15) is 0 Å². The summed E-state index contributed by atoms with van der Waals surface area (Å²) < 4.78 is 6.39. The maximum Gasteiger partial charge on any atom is 0.164 e. The predicted octanol–water partition coefficient (Wildman–Crippen LogP) is 4.08. The number of aromatic nitrogens is 3. The van der Waals surface area contributed by atoms with Crippen LogP contribution in [0, 0.1) is 0 Å². The van der Waals surface area contributed by atoms with Crippen LogP contribution in [0.25, 0.3) is 78.4 Å². The Morgan fingerprint density at radius 2 is 0.896 bits per heavy atom. The van der Waals surface area contributed by atoms with Gasteiger partial charge in [0.05, 0.1) is 0 Å². The molecule has 212 valence electrons. The van der Waals surface area contributed by atoms with Crippen molar-refractivity contribution in [3.05, 3.63) is 121 Å². The van der Waals surface area contributed by atoms with Crippen molar-refractivity contribution in [2.45, 2.75) is 0 Å². The molecule has 4 nitrogen and oxygen atoms in total. The minimum absolute atomic E-state index is 0.168. The summed E-state index contributed by atoms with van der Waals surface area (Å²) in [7, 11) is 31.1. The van der Waals surface area contributed by atoms with Crippen molar-refractivity contribution in [2.75, 3.05) is 0 Å². The molecule has 8 aromatic rings. The molecule has 48 heavy (non-hydrogen) atoms. The van der Waals surface area contributed by atoms with E-state index in [1.165, 1.54) is 0 Å². The van der Waals surface area contributed by atoms with Crippen LogP contribution in [0.15, 0.2) is 126 Å². The van der Waals surface area contributed by atoms with E-state index in [0.717, 1.165) is 38.6 Å². The number of hydrogen-bond acceptors (Lipinski definition) is 4. The molecule has 0 aliphatic rings. The van der Waals surface area contributed by atoms with Gasteiger partial charge in [-0.3, -0.25) is 0 Å². The van der Waals surface area contributed by atoms with E-state index in [2.05, 4.69) is 24.3 Å². The highest BCUT2D eigenvalue weighted by Gasteiger charge is 2.19. The maximum atomic E-state index is 6.39. The number of rotatable bonds is 5. The highest BCUT2D eigenvalue weighted by Crippen LogP contribution is 2.38. The molecule has 8 rings (SSSR count). The molecule has 0 spiro atoms.